The van der Waals surface area contributed by atoms with E-state index in [-0.39, 0.29) is 5.56 Å². The van der Waals surface area contributed by atoms with E-state index in [2.05, 4.69) is 18.7 Å². The number of hydrogen-bond acceptors (Lipinski definition) is 2. The zero-order valence-corrected chi connectivity index (χ0v) is 10.3. The highest BCUT2D eigenvalue weighted by atomic mass is 19.1. The van der Waals surface area contributed by atoms with Gasteiger partial charge in [-0.2, -0.15) is 0 Å². The number of anilines is 1. The molecular formula is C14H18FNO. The van der Waals surface area contributed by atoms with E-state index in [1.165, 1.54) is 6.07 Å². The van der Waals surface area contributed by atoms with Crippen molar-refractivity contribution in [3.8, 4) is 0 Å². The Morgan fingerprint density at radius 3 is 2.71 bits per heavy atom. The molecule has 1 saturated carbocycles. The second-order valence-corrected chi connectivity index (χ2v) is 5.07. The van der Waals surface area contributed by atoms with E-state index < -0.39 is 5.82 Å². The van der Waals surface area contributed by atoms with Crippen LogP contribution in [0.5, 0.6) is 0 Å². The van der Waals surface area contributed by atoms with Gasteiger partial charge in [0.1, 0.15) is 5.82 Å². The Bertz CT molecular complexity index is 413. The second kappa shape index (κ2) is 4.86. The normalized spacial score (nSPS) is 15.1. The molecule has 0 radical (unpaired) electrons. The van der Waals surface area contributed by atoms with Crippen molar-refractivity contribution < 1.29 is 9.18 Å². The lowest BCUT2D eigenvalue weighted by molar-refractivity contribution is 0.112. The molecule has 92 valence electrons. The Morgan fingerprint density at radius 2 is 2.18 bits per heavy atom. The van der Waals surface area contributed by atoms with Crippen LogP contribution < -0.4 is 4.90 Å². The number of hydrogen-bond donors (Lipinski definition) is 0. The van der Waals surface area contributed by atoms with Crippen LogP contribution in [0.15, 0.2) is 18.2 Å². The van der Waals surface area contributed by atoms with Gasteiger partial charge in [0, 0.05) is 12.6 Å². The van der Waals surface area contributed by atoms with Crippen molar-refractivity contribution in [3.63, 3.8) is 0 Å². The van der Waals surface area contributed by atoms with Crippen LogP contribution >= 0.6 is 0 Å². The Morgan fingerprint density at radius 1 is 1.47 bits per heavy atom. The molecule has 0 unspecified atom stereocenters. The highest BCUT2D eigenvalue weighted by Gasteiger charge is 2.31. The third-order valence-corrected chi connectivity index (χ3v) is 3.01. The maximum Gasteiger partial charge on any atom is 0.155 e. The fourth-order valence-corrected chi connectivity index (χ4v) is 2.12. The smallest absolute Gasteiger partial charge is 0.155 e. The first-order chi connectivity index (χ1) is 8.13. The first-order valence-corrected chi connectivity index (χ1v) is 6.13. The Kier molecular flexibility index (Phi) is 3.46. The van der Waals surface area contributed by atoms with Crippen LogP contribution in [-0.2, 0) is 0 Å². The van der Waals surface area contributed by atoms with Crippen molar-refractivity contribution in [1.82, 2.24) is 0 Å². The molecule has 0 aliphatic heterocycles. The summed E-state index contributed by atoms with van der Waals surface area (Å²) >= 11 is 0. The zero-order valence-electron chi connectivity index (χ0n) is 10.3. The molecule has 0 spiro atoms. The number of aldehydes is 1. The fourth-order valence-electron chi connectivity index (χ4n) is 2.12. The van der Waals surface area contributed by atoms with Gasteiger partial charge in [-0.3, -0.25) is 4.79 Å². The van der Waals surface area contributed by atoms with Crippen molar-refractivity contribution in [1.29, 1.82) is 0 Å². The van der Waals surface area contributed by atoms with Gasteiger partial charge in [0.05, 0.1) is 11.3 Å². The van der Waals surface area contributed by atoms with Gasteiger partial charge in [-0.25, -0.2) is 4.39 Å². The summed E-state index contributed by atoms with van der Waals surface area (Å²) in [5, 5.41) is 0. The molecule has 17 heavy (non-hydrogen) atoms. The summed E-state index contributed by atoms with van der Waals surface area (Å²) in [4.78, 5) is 13.2. The maximum atomic E-state index is 13.6. The minimum absolute atomic E-state index is 0.194. The Balaban J connectivity index is 2.34. The Hall–Kier alpha value is -1.38. The van der Waals surface area contributed by atoms with Crippen LogP contribution in [0.25, 0.3) is 0 Å². The average Bonchev–Trinajstić information content (AvgIpc) is 3.09. The van der Waals surface area contributed by atoms with Crippen LogP contribution in [0.1, 0.15) is 37.0 Å². The Labute approximate surface area is 101 Å². The summed E-state index contributed by atoms with van der Waals surface area (Å²) in [6.45, 7) is 5.14. The monoisotopic (exact) mass is 235 g/mol. The number of benzene rings is 1. The molecule has 1 aliphatic rings. The van der Waals surface area contributed by atoms with Crippen LogP contribution in [0.3, 0.4) is 0 Å². The van der Waals surface area contributed by atoms with E-state index in [0.29, 0.717) is 18.2 Å². The van der Waals surface area contributed by atoms with Crippen LogP contribution in [0, 0.1) is 11.7 Å². The lowest BCUT2D eigenvalue weighted by Gasteiger charge is -2.28. The predicted octanol–water partition coefficient (Wildman–Crippen LogP) is 3.26. The molecule has 2 nitrogen and oxygen atoms in total. The molecule has 0 N–H and O–H groups in total. The third-order valence-electron chi connectivity index (χ3n) is 3.01. The van der Waals surface area contributed by atoms with Crippen molar-refractivity contribution in [2.24, 2.45) is 5.92 Å². The summed E-state index contributed by atoms with van der Waals surface area (Å²) in [5.74, 6) is 0.0743. The van der Waals surface area contributed by atoms with Gasteiger partial charge in [-0.15, -0.1) is 0 Å². The van der Waals surface area contributed by atoms with E-state index >= 15 is 0 Å². The number of carbonyl (C=O) groups excluding carboxylic acids is 1. The minimum atomic E-state index is -0.424. The fraction of sp³-hybridized carbons (Fsp3) is 0.500. The summed E-state index contributed by atoms with van der Waals surface area (Å²) in [6, 6.07) is 5.34. The first kappa shape index (κ1) is 12.1. The SMILES string of the molecule is CC(C)CN(c1cccc(F)c1C=O)C1CC1. The van der Waals surface area contributed by atoms with Gasteiger partial charge in [-0.1, -0.05) is 19.9 Å². The van der Waals surface area contributed by atoms with E-state index in [1.807, 2.05) is 6.07 Å². The second-order valence-electron chi connectivity index (χ2n) is 5.07. The molecule has 1 aliphatic carbocycles. The number of halogens is 1. The van der Waals surface area contributed by atoms with Crippen molar-refractivity contribution in [2.75, 3.05) is 11.4 Å². The molecule has 2 rings (SSSR count). The maximum absolute atomic E-state index is 13.6. The summed E-state index contributed by atoms with van der Waals surface area (Å²) in [7, 11) is 0. The van der Waals surface area contributed by atoms with Crippen molar-refractivity contribution >= 4 is 12.0 Å². The number of nitrogens with zero attached hydrogens (tertiary/aromatic N) is 1. The van der Waals surface area contributed by atoms with Gasteiger partial charge in [-0.05, 0) is 30.9 Å². The van der Waals surface area contributed by atoms with Crippen LogP contribution in [0.2, 0.25) is 0 Å². The minimum Gasteiger partial charge on any atom is -0.368 e. The van der Waals surface area contributed by atoms with Crippen LogP contribution in [-0.4, -0.2) is 18.9 Å². The number of carbonyl (C=O) groups is 1. The lowest BCUT2D eigenvalue weighted by atomic mass is 10.1. The molecule has 1 fully saturated rings. The standard InChI is InChI=1S/C14H18FNO/c1-10(2)8-16(11-6-7-11)14-5-3-4-13(15)12(14)9-17/h3-5,9-11H,6-8H2,1-2H3. The van der Waals surface area contributed by atoms with Crippen LogP contribution in [0.4, 0.5) is 10.1 Å². The van der Waals surface area contributed by atoms with Gasteiger partial charge in [0.2, 0.25) is 0 Å². The van der Waals surface area contributed by atoms with Gasteiger partial charge in [0.25, 0.3) is 0 Å². The lowest BCUT2D eigenvalue weighted by Crippen LogP contribution is -2.30. The summed E-state index contributed by atoms with van der Waals surface area (Å²) < 4.78 is 13.6. The van der Waals surface area contributed by atoms with Gasteiger partial charge in [0.15, 0.2) is 6.29 Å². The predicted molar refractivity (Wildman–Crippen MR) is 67.0 cm³/mol. The van der Waals surface area contributed by atoms with E-state index in [9.17, 15) is 9.18 Å². The molecule has 0 heterocycles. The van der Waals surface area contributed by atoms with Crippen molar-refractivity contribution in [2.45, 2.75) is 32.7 Å². The highest BCUT2D eigenvalue weighted by Crippen LogP contribution is 2.34. The first-order valence-electron chi connectivity index (χ1n) is 6.13. The van der Waals surface area contributed by atoms with E-state index in [1.54, 1.807) is 6.07 Å². The number of rotatable bonds is 5. The summed E-state index contributed by atoms with van der Waals surface area (Å²) in [6.07, 6.45) is 2.91. The van der Waals surface area contributed by atoms with E-state index in [0.717, 1.165) is 25.1 Å². The molecule has 0 atom stereocenters. The van der Waals surface area contributed by atoms with E-state index in [4.69, 9.17) is 0 Å². The summed E-state index contributed by atoms with van der Waals surface area (Å²) in [5.41, 5.74) is 0.941. The average molecular weight is 235 g/mol. The largest absolute Gasteiger partial charge is 0.368 e. The molecular weight excluding hydrogens is 217 g/mol. The highest BCUT2D eigenvalue weighted by molar-refractivity contribution is 5.85. The van der Waals surface area contributed by atoms with Gasteiger partial charge < -0.3 is 4.90 Å². The molecule has 0 aromatic heterocycles. The van der Waals surface area contributed by atoms with Crippen molar-refractivity contribution in [3.05, 3.63) is 29.6 Å². The molecule has 1 aromatic rings. The third kappa shape index (κ3) is 2.65. The molecule has 0 amide bonds. The zero-order chi connectivity index (χ0) is 12.4. The topological polar surface area (TPSA) is 20.3 Å². The molecule has 3 heteroatoms. The molecule has 0 bridgehead atoms. The molecule has 0 saturated heterocycles. The van der Waals surface area contributed by atoms with Gasteiger partial charge >= 0.3 is 0 Å². The quantitative estimate of drug-likeness (QED) is 0.730. The molecule has 1 aromatic carbocycles.